The lowest BCUT2D eigenvalue weighted by Crippen LogP contribution is -2.38. The van der Waals surface area contributed by atoms with Gasteiger partial charge in [-0.05, 0) is 44.0 Å². The molecule has 4 nitrogen and oxygen atoms in total. The fraction of sp³-hybridized carbons (Fsp3) is 0.600. The Bertz CT molecular complexity index is 393. The average Bonchev–Trinajstić information content (AvgIpc) is 2.81. The number of ether oxygens (including phenoxy) is 3. The van der Waals surface area contributed by atoms with Crippen LogP contribution in [-0.2, 0) is 4.74 Å². The van der Waals surface area contributed by atoms with Crippen molar-refractivity contribution in [2.24, 2.45) is 11.1 Å². The second kappa shape index (κ2) is 6.26. The molecule has 2 N–H and O–H groups in total. The molecule has 0 aromatic heterocycles. The molecule has 1 aromatic rings. The van der Waals surface area contributed by atoms with Crippen molar-refractivity contribution in [3.63, 3.8) is 0 Å². The van der Waals surface area contributed by atoms with E-state index in [1.807, 2.05) is 24.3 Å². The summed E-state index contributed by atoms with van der Waals surface area (Å²) in [6.07, 6.45) is 2.17. The Morgan fingerprint density at radius 3 is 2.53 bits per heavy atom. The van der Waals surface area contributed by atoms with Gasteiger partial charge in [-0.3, -0.25) is 0 Å². The molecule has 0 aliphatic carbocycles. The van der Waals surface area contributed by atoms with Crippen molar-refractivity contribution in [2.75, 3.05) is 26.9 Å². The molecule has 1 aliphatic rings. The first-order valence-corrected chi connectivity index (χ1v) is 6.79. The molecule has 106 valence electrons. The molecular weight excluding hydrogens is 242 g/mol. The second-order valence-corrected chi connectivity index (χ2v) is 5.10. The standard InChI is InChI=1S/C15H23NO3/c1-12-15(11-16,7-9-18-12)8-10-19-14-5-3-13(17-2)4-6-14/h3-6,12H,7-11,16H2,1-2H3. The maximum atomic E-state index is 5.92. The molecule has 0 saturated carbocycles. The monoisotopic (exact) mass is 265 g/mol. The van der Waals surface area contributed by atoms with Gasteiger partial charge in [0.05, 0.1) is 19.8 Å². The van der Waals surface area contributed by atoms with Crippen molar-refractivity contribution >= 4 is 0 Å². The maximum Gasteiger partial charge on any atom is 0.119 e. The fourth-order valence-corrected chi connectivity index (χ4v) is 2.56. The summed E-state index contributed by atoms with van der Waals surface area (Å²) in [6, 6.07) is 7.63. The zero-order chi connectivity index (χ0) is 13.7. The first-order valence-electron chi connectivity index (χ1n) is 6.79. The van der Waals surface area contributed by atoms with Gasteiger partial charge in [0.2, 0.25) is 0 Å². The lowest BCUT2D eigenvalue weighted by Gasteiger charge is -2.30. The van der Waals surface area contributed by atoms with E-state index in [1.165, 1.54) is 0 Å². The highest BCUT2D eigenvalue weighted by atomic mass is 16.5. The first-order chi connectivity index (χ1) is 9.20. The Balaban J connectivity index is 1.85. The zero-order valence-corrected chi connectivity index (χ0v) is 11.7. The van der Waals surface area contributed by atoms with Gasteiger partial charge < -0.3 is 19.9 Å². The van der Waals surface area contributed by atoms with Crippen LogP contribution in [0.3, 0.4) is 0 Å². The Labute approximate surface area is 114 Å². The minimum absolute atomic E-state index is 0.0759. The summed E-state index contributed by atoms with van der Waals surface area (Å²) >= 11 is 0. The van der Waals surface area contributed by atoms with Crippen LogP contribution in [0, 0.1) is 5.41 Å². The molecule has 1 heterocycles. The lowest BCUT2D eigenvalue weighted by atomic mass is 9.79. The highest BCUT2D eigenvalue weighted by Gasteiger charge is 2.39. The van der Waals surface area contributed by atoms with Crippen molar-refractivity contribution in [1.82, 2.24) is 0 Å². The molecule has 2 atom stereocenters. The van der Waals surface area contributed by atoms with Gasteiger partial charge in [-0.1, -0.05) is 0 Å². The topological polar surface area (TPSA) is 53.7 Å². The summed E-state index contributed by atoms with van der Waals surface area (Å²) in [7, 11) is 1.66. The molecule has 0 amide bonds. The molecule has 19 heavy (non-hydrogen) atoms. The van der Waals surface area contributed by atoms with Gasteiger partial charge in [0.25, 0.3) is 0 Å². The predicted molar refractivity (Wildman–Crippen MR) is 74.6 cm³/mol. The van der Waals surface area contributed by atoms with E-state index in [0.717, 1.165) is 30.9 Å². The summed E-state index contributed by atoms with van der Waals surface area (Å²) in [5.74, 6) is 1.70. The summed E-state index contributed by atoms with van der Waals surface area (Å²) in [4.78, 5) is 0. The third kappa shape index (κ3) is 3.19. The van der Waals surface area contributed by atoms with E-state index in [0.29, 0.717) is 13.2 Å². The van der Waals surface area contributed by atoms with Crippen molar-refractivity contribution in [1.29, 1.82) is 0 Å². The van der Waals surface area contributed by atoms with Gasteiger partial charge in [-0.15, -0.1) is 0 Å². The maximum absolute atomic E-state index is 5.92. The van der Waals surface area contributed by atoms with Gasteiger partial charge in [0.1, 0.15) is 11.5 Å². The number of hydrogen-bond donors (Lipinski definition) is 1. The molecule has 4 heteroatoms. The zero-order valence-electron chi connectivity index (χ0n) is 11.7. The SMILES string of the molecule is COc1ccc(OCCC2(CN)CCOC2C)cc1. The van der Waals surface area contributed by atoms with Gasteiger partial charge in [0.15, 0.2) is 0 Å². The lowest BCUT2D eigenvalue weighted by molar-refractivity contribution is 0.0551. The molecule has 1 aromatic carbocycles. The van der Waals surface area contributed by atoms with Crippen molar-refractivity contribution in [3.8, 4) is 11.5 Å². The van der Waals surface area contributed by atoms with Crippen LogP contribution in [-0.4, -0.2) is 33.0 Å². The summed E-state index contributed by atoms with van der Waals surface area (Å²) in [6.45, 7) is 4.23. The predicted octanol–water partition coefficient (Wildman–Crippen LogP) is 2.22. The highest BCUT2D eigenvalue weighted by Crippen LogP contribution is 2.37. The van der Waals surface area contributed by atoms with Gasteiger partial charge in [-0.2, -0.15) is 0 Å². The van der Waals surface area contributed by atoms with E-state index in [-0.39, 0.29) is 11.5 Å². The molecule has 0 spiro atoms. The van der Waals surface area contributed by atoms with Crippen LogP contribution in [0.25, 0.3) is 0 Å². The Morgan fingerprint density at radius 2 is 2.00 bits per heavy atom. The van der Waals surface area contributed by atoms with E-state index in [2.05, 4.69) is 6.92 Å². The van der Waals surface area contributed by atoms with Gasteiger partial charge in [-0.25, -0.2) is 0 Å². The van der Waals surface area contributed by atoms with Crippen LogP contribution in [0.2, 0.25) is 0 Å². The van der Waals surface area contributed by atoms with Crippen LogP contribution in [0.15, 0.2) is 24.3 Å². The van der Waals surface area contributed by atoms with Crippen LogP contribution in [0.5, 0.6) is 11.5 Å². The normalized spacial score (nSPS) is 26.4. The summed E-state index contributed by atoms with van der Waals surface area (Å²) < 4.78 is 16.5. The molecule has 0 radical (unpaired) electrons. The molecule has 0 bridgehead atoms. The number of methoxy groups -OCH3 is 1. The molecule has 2 rings (SSSR count). The highest BCUT2D eigenvalue weighted by molar-refractivity contribution is 5.31. The third-order valence-corrected chi connectivity index (χ3v) is 4.16. The number of benzene rings is 1. The van der Waals surface area contributed by atoms with Crippen LogP contribution < -0.4 is 15.2 Å². The molecule has 2 unspecified atom stereocenters. The smallest absolute Gasteiger partial charge is 0.119 e. The quantitative estimate of drug-likeness (QED) is 0.857. The Kier molecular flexibility index (Phi) is 4.66. The summed E-state index contributed by atoms with van der Waals surface area (Å²) in [5.41, 5.74) is 6.00. The molecule has 1 saturated heterocycles. The number of rotatable bonds is 6. The van der Waals surface area contributed by atoms with E-state index < -0.39 is 0 Å². The van der Waals surface area contributed by atoms with E-state index >= 15 is 0 Å². The van der Waals surface area contributed by atoms with Crippen molar-refractivity contribution < 1.29 is 14.2 Å². The Morgan fingerprint density at radius 1 is 1.32 bits per heavy atom. The number of hydrogen-bond acceptors (Lipinski definition) is 4. The third-order valence-electron chi connectivity index (χ3n) is 4.16. The van der Waals surface area contributed by atoms with E-state index in [4.69, 9.17) is 19.9 Å². The molecular formula is C15H23NO3. The van der Waals surface area contributed by atoms with Crippen LogP contribution >= 0.6 is 0 Å². The summed E-state index contributed by atoms with van der Waals surface area (Å²) in [5, 5.41) is 0. The first kappa shape index (κ1) is 14.2. The number of nitrogens with two attached hydrogens (primary N) is 1. The van der Waals surface area contributed by atoms with Gasteiger partial charge >= 0.3 is 0 Å². The average molecular weight is 265 g/mol. The fourth-order valence-electron chi connectivity index (χ4n) is 2.56. The van der Waals surface area contributed by atoms with E-state index in [9.17, 15) is 0 Å². The Hall–Kier alpha value is -1.26. The molecule has 1 fully saturated rings. The van der Waals surface area contributed by atoms with Crippen LogP contribution in [0.4, 0.5) is 0 Å². The van der Waals surface area contributed by atoms with Crippen LogP contribution in [0.1, 0.15) is 19.8 Å². The van der Waals surface area contributed by atoms with E-state index in [1.54, 1.807) is 7.11 Å². The largest absolute Gasteiger partial charge is 0.497 e. The minimum Gasteiger partial charge on any atom is -0.497 e. The minimum atomic E-state index is 0.0759. The second-order valence-electron chi connectivity index (χ2n) is 5.10. The van der Waals surface area contributed by atoms with Crippen molar-refractivity contribution in [3.05, 3.63) is 24.3 Å². The van der Waals surface area contributed by atoms with Crippen molar-refractivity contribution in [2.45, 2.75) is 25.9 Å². The van der Waals surface area contributed by atoms with Gasteiger partial charge in [0, 0.05) is 18.6 Å². The molecule has 1 aliphatic heterocycles.